The van der Waals surface area contributed by atoms with Crippen LogP contribution in [-0.2, 0) is 17.8 Å². The Bertz CT molecular complexity index is 1050. The molecule has 0 atom stereocenters. The molecule has 5 nitrogen and oxygen atoms in total. The van der Waals surface area contributed by atoms with Gasteiger partial charge in [0.1, 0.15) is 5.82 Å². The van der Waals surface area contributed by atoms with E-state index < -0.39 is 0 Å². The molecule has 0 fully saturated rings. The van der Waals surface area contributed by atoms with Crippen molar-refractivity contribution < 1.29 is 9.18 Å². The first-order valence-corrected chi connectivity index (χ1v) is 11.2. The number of thioether (sulfide) groups is 1. The number of carbonyl (C=O) groups excluding carboxylic acids is 1. The van der Waals surface area contributed by atoms with Gasteiger partial charge in [0.05, 0.1) is 11.3 Å². The van der Waals surface area contributed by atoms with Gasteiger partial charge in [0.25, 0.3) is 0 Å². The van der Waals surface area contributed by atoms with Gasteiger partial charge in [-0.15, -0.1) is 10.2 Å². The molecule has 30 heavy (non-hydrogen) atoms. The predicted octanol–water partition coefficient (Wildman–Crippen LogP) is 4.81. The quantitative estimate of drug-likeness (QED) is 0.533. The summed E-state index contributed by atoms with van der Waals surface area (Å²) in [6, 6.07) is 14.7. The number of fused-ring (bicyclic) bond motifs is 1. The normalized spacial score (nSPS) is 13.5. The van der Waals surface area contributed by atoms with Crippen LogP contribution in [0, 0.1) is 11.7 Å². The van der Waals surface area contributed by atoms with Crippen LogP contribution in [-0.4, -0.2) is 33.0 Å². The van der Waals surface area contributed by atoms with Crippen LogP contribution in [0.25, 0.3) is 11.4 Å². The molecule has 0 N–H and O–H groups in total. The van der Waals surface area contributed by atoms with Crippen LogP contribution in [0.15, 0.2) is 53.7 Å². The summed E-state index contributed by atoms with van der Waals surface area (Å²) in [6.45, 7) is 5.57. The smallest absolute Gasteiger partial charge is 0.237 e. The Morgan fingerprint density at radius 1 is 1.13 bits per heavy atom. The summed E-state index contributed by atoms with van der Waals surface area (Å²) in [6.07, 6.45) is 1.97. The summed E-state index contributed by atoms with van der Waals surface area (Å²) in [7, 11) is 0. The van der Waals surface area contributed by atoms with E-state index in [9.17, 15) is 9.18 Å². The lowest BCUT2D eigenvalue weighted by Crippen LogP contribution is -2.36. The molecule has 0 spiro atoms. The fraction of sp³-hybridized carbons (Fsp3) is 0.348. The van der Waals surface area contributed by atoms with Gasteiger partial charge in [-0.3, -0.25) is 4.79 Å². The molecule has 1 aliphatic rings. The Labute approximate surface area is 180 Å². The summed E-state index contributed by atoms with van der Waals surface area (Å²) >= 11 is 1.36. The zero-order valence-electron chi connectivity index (χ0n) is 17.2. The van der Waals surface area contributed by atoms with Crippen molar-refractivity contribution in [3.8, 4) is 11.4 Å². The molecule has 1 aromatic heterocycles. The van der Waals surface area contributed by atoms with Gasteiger partial charge in [-0.25, -0.2) is 4.39 Å². The van der Waals surface area contributed by atoms with Crippen LogP contribution in [0.5, 0.6) is 0 Å². The van der Waals surface area contributed by atoms with Crippen LogP contribution in [0.1, 0.15) is 25.8 Å². The second-order valence-corrected chi connectivity index (χ2v) is 8.80. The summed E-state index contributed by atoms with van der Waals surface area (Å²) in [5.74, 6) is 0.823. The highest BCUT2D eigenvalue weighted by molar-refractivity contribution is 7.99. The third kappa shape index (κ3) is 4.26. The van der Waals surface area contributed by atoms with E-state index in [1.54, 1.807) is 18.2 Å². The van der Waals surface area contributed by atoms with Gasteiger partial charge in [-0.1, -0.05) is 55.9 Å². The van der Waals surface area contributed by atoms with E-state index in [0.29, 0.717) is 29.0 Å². The predicted molar refractivity (Wildman–Crippen MR) is 118 cm³/mol. The Morgan fingerprint density at radius 2 is 1.90 bits per heavy atom. The van der Waals surface area contributed by atoms with E-state index in [1.807, 2.05) is 27.7 Å². The van der Waals surface area contributed by atoms with Gasteiger partial charge >= 0.3 is 0 Å². The summed E-state index contributed by atoms with van der Waals surface area (Å²) in [5, 5.41) is 9.18. The number of benzene rings is 2. The summed E-state index contributed by atoms with van der Waals surface area (Å²) in [4.78, 5) is 14.9. The highest BCUT2D eigenvalue weighted by atomic mass is 32.2. The topological polar surface area (TPSA) is 51.0 Å². The SMILES string of the molecule is CC(C)Cn1c(SCC(=O)N2CCCc3ccccc32)nnc1-c1ccccc1F. The highest BCUT2D eigenvalue weighted by Gasteiger charge is 2.24. The van der Waals surface area contributed by atoms with Crippen molar-refractivity contribution >= 4 is 23.4 Å². The Balaban J connectivity index is 1.55. The fourth-order valence-electron chi connectivity index (χ4n) is 3.76. The third-order valence-electron chi connectivity index (χ3n) is 5.12. The van der Waals surface area contributed by atoms with Gasteiger partial charge in [0.2, 0.25) is 5.91 Å². The van der Waals surface area contributed by atoms with Crippen molar-refractivity contribution in [1.29, 1.82) is 0 Å². The highest BCUT2D eigenvalue weighted by Crippen LogP contribution is 2.30. The number of amides is 1. The lowest BCUT2D eigenvalue weighted by Gasteiger charge is -2.29. The average Bonchev–Trinajstić information content (AvgIpc) is 3.13. The molecule has 2 heterocycles. The number of aryl methyl sites for hydroxylation is 1. The van der Waals surface area contributed by atoms with Crippen molar-refractivity contribution in [3.63, 3.8) is 0 Å². The lowest BCUT2D eigenvalue weighted by atomic mass is 10.0. The summed E-state index contributed by atoms with van der Waals surface area (Å²) in [5.41, 5.74) is 2.64. The second-order valence-electron chi connectivity index (χ2n) is 7.86. The molecule has 0 bridgehead atoms. The molecular formula is C23H25FN4OS. The number of para-hydroxylation sites is 1. The fourth-order valence-corrected chi connectivity index (χ4v) is 4.59. The standard InChI is InChI=1S/C23H25FN4OS/c1-16(2)14-28-22(18-10-4-5-11-19(18)24)25-26-23(28)30-15-21(29)27-13-7-9-17-8-3-6-12-20(17)27/h3-6,8,10-12,16H,7,9,13-15H2,1-2H3. The number of halogens is 1. The third-order valence-corrected chi connectivity index (χ3v) is 6.07. The molecule has 0 unspecified atom stereocenters. The van der Waals surface area contributed by atoms with E-state index >= 15 is 0 Å². The zero-order chi connectivity index (χ0) is 21.1. The van der Waals surface area contributed by atoms with Gasteiger partial charge in [0.15, 0.2) is 11.0 Å². The largest absolute Gasteiger partial charge is 0.311 e. The maximum atomic E-state index is 14.4. The van der Waals surface area contributed by atoms with Crippen LogP contribution in [0.2, 0.25) is 0 Å². The van der Waals surface area contributed by atoms with Gasteiger partial charge in [-0.2, -0.15) is 0 Å². The van der Waals surface area contributed by atoms with E-state index in [-0.39, 0.29) is 17.5 Å². The minimum Gasteiger partial charge on any atom is -0.311 e. The minimum absolute atomic E-state index is 0.0543. The number of anilines is 1. The van der Waals surface area contributed by atoms with Gasteiger partial charge in [-0.05, 0) is 42.5 Å². The first kappa shape index (κ1) is 20.6. The van der Waals surface area contributed by atoms with Crippen molar-refractivity contribution in [2.24, 2.45) is 5.92 Å². The van der Waals surface area contributed by atoms with E-state index in [2.05, 4.69) is 30.1 Å². The number of nitrogens with zero attached hydrogens (tertiary/aromatic N) is 4. The monoisotopic (exact) mass is 424 g/mol. The number of rotatable bonds is 6. The number of hydrogen-bond donors (Lipinski definition) is 0. The zero-order valence-corrected chi connectivity index (χ0v) is 18.0. The maximum absolute atomic E-state index is 14.4. The van der Waals surface area contributed by atoms with E-state index in [1.165, 1.54) is 23.4 Å². The number of aromatic nitrogens is 3. The van der Waals surface area contributed by atoms with Crippen molar-refractivity contribution in [2.75, 3.05) is 17.2 Å². The molecule has 2 aromatic carbocycles. The molecule has 0 saturated heterocycles. The van der Waals surface area contributed by atoms with Crippen molar-refractivity contribution in [2.45, 2.75) is 38.4 Å². The van der Waals surface area contributed by atoms with Gasteiger partial charge in [0, 0.05) is 18.8 Å². The molecular weight excluding hydrogens is 399 g/mol. The van der Waals surface area contributed by atoms with E-state index in [4.69, 9.17) is 0 Å². The Hall–Kier alpha value is -2.67. The molecule has 0 aliphatic carbocycles. The van der Waals surface area contributed by atoms with Crippen LogP contribution >= 0.6 is 11.8 Å². The van der Waals surface area contributed by atoms with Gasteiger partial charge < -0.3 is 9.47 Å². The Morgan fingerprint density at radius 3 is 2.70 bits per heavy atom. The van der Waals surface area contributed by atoms with E-state index in [0.717, 1.165) is 25.1 Å². The second kappa shape index (κ2) is 9.00. The molecule has 4 rings (SSSR count). The van der Waals surface area contributed by atoms with Crippen molar-refractivity contribution in [3.05, 3.63) is 59.9 Å². The molecule has 156 valence electrons. The molecule has 1 aliphatic heterocycles. The molecule has 0 radical (unpaired) electrons. The maximum Gasteiger partial charge on any atom is 0.237 e. The first-order valence-electron chi connectivity index (χ1n) is 10.2. The summed E-state index contributed by atoms with van der Waals surface area (Å²) < 4.78 is 16.3. The molecule has 1 amide bonds. The Kier molecular flexibility index (Phi) is 6.18. The van der Waals surface area contributed by atoms with Crippen LogP contribution in [0.4, 0.5) is 10.1 Å². The molecule has 3 aromatic rings. The minimum atomic E-state index is -0.326. The molecule has 0 saturated carbocycles. The number of hydrogen-bond acceptors (Lipinski definition) is 4. The average molecular weight is 425 g/mol. The lowest BCUT2D eigenvalue weighted by molar-refractivity contribution is -0.116. The molecule has 7 heteroatoms. The first-order chi connectivity index (χ1) is 14.5. The van der Waals surface area contributed by atoms with Crippen LogP contribution < -0.4 is 4.90 Å². The number of carbonyl (C=O) groups is 1. The van der Waals surface area contributed by atoms with Crippen molar-refractivity contribution in [1.82, 2.24) is 14.8 Å². The van der Waals surface area contributed by atoms with Crippen LogP contribution in [0.3, 0.4) is 0 Å².